The highest BCUT2D eigenvalue weighted by Gasteiger charge is 2.16. The molecule has 0 fully saturated rings. The zero-order chi connectivity index (χ0) is 10.7. The van der Waals surface area contributed by atoms with E-state index < -0.39 is 7.12 Å². The molecule has 0 atom stereocenters. The summed E-state index contributed by atoms with van der Waals surface area (Å²) in [5, 5.41) is 18.1. The fourth-order valence-corrected chi connectivity index (χ4v) is 1.39. The summed E-state index contributed by atoms with van der Waals surface area (Å²) in [7, 11) is -1.50. The maximum atomic E-state index is 9.07. The minimum Gasteiger partial charge on any atom is -0.423 e. The van der Waals surface area contributed by atoms with Crippen LogP contribution in [0.1, 0.15) is 11.1 Å². The largest absolute Gasteiger partial charge is 0.488 e. The molecule has 1 aromatic rings. The van der Waals surface area contributed by atoms with Gasteiger partial charge < -0.3 is 15.8 Å². The van der Waals surface area contributed by atoms with E-state index in [1.165, 1.54) is 0 Å². The van der Waals surface area contributed by atoms with E-state index in [1.807, 2.05) is 0 Å². The number of benzene rings is 1. The number of rotatable bonds is 2. The molecular formula is C10H12BNO2. The van der Waals surface area contributed by atoms with Crippen molar-refractivity contribution in [3.8, 4) is 12.3 Å². The smallest absolute Gasteiger partial charge is 0.423 e. The van der Waals surface area contributed by atoms with Crippen molar-refractivity contribution in [3.63, 3.8) is 0 Å². The Morgan fingerprint density at radius 1 is 1.50 bits per heavy atom. The number of nitrogen functional groups attached to an aromatic ring is 1. The molecule has 0 aliphatic carbocycles. The summed E-state index contributed by atoms with van der Waals surface area (Å²) in [4.78, 5) is 0. The zero-order valence-electron chi connectivity index (χ0n) is 7.99. The molecule has 0 saturated heterocycles. The van der Waals surface area contributed by atoms with Crippen LogP contribution in [-0.4, -0.2) is 17.2 Å². The third-order valence-electron chi connectivity index (χ3n) is 2.15. The van der Waals surface area contributed by atoms with Crippen LogP contribution >= 0.6 is 0 Å². The third kappa shape index (κ3) is 2.08. The maximum Gasteiger partial charge on any atom is 0.488 e. The van der Waals surface area contributed by atoms with Crippen molar-refractivity contribution in [1.82, 2.24) is 0 Å². The summed E-state index contributed by atoms with van der Waals surface area (Å²) < 4.78 is 0. The highest BCUT2D eigenvalue weighted by molar-refractivity contribution is 6.59. The van der Waals surface area contributed by atoms with E-state index in [2.05, 4.69) is 5.92 Å². The Morgan fingerprint density at radius 2 is 2.14 bits per heavy atom. The molecule has 0 aliphatic rings. The first-order valence-electron chi connectivity index (χ1n) is 4.24. The fraction of sp³-hybridized carbons (Fsp3) is 0.200. The lowest BCUT2D eigenvalue weighted by Crippen LogP contribution is -2.33. The van der Waals surface area contributed by atoms with Crippen LogP contribution in [0.4, 0.5) is 5.69 Å². The molecule has 0 heterocycles. The van der Waals surface area contributed by atoms with Gasteiger partial charge >= 0.3 is 7.12 Å². The molecule has 1 aromatic carbocycles. The van der Waals surface area contributed by atoms with Gasteiger partial charge in [-0.1, -0.05) is 0 Å². The molecule has 0 aromatic heterocycles. The molecule has 0 amide bonds. The van der Waals surface area contributed by atoms with E-state index in [0.717, 1.165) is 11.1 Å². The summed E-state index contributed by atoms with van der Waals surface area (Å²) in [6, 6.07) is 3.29. The fourth-order valence-electron chi connectivity index (χ4n) is 1.39. The SMILES string of the molecule is C#CCc1cc(N)cc(B(O)O)c1C. The number of terminal acetylenes is 1. The maximum absolute atomic E-state index is 9.07. The lowest BCUT2D eigenvalue weighted by Gasteiger charge is -2.10. The van der Waals surface area contributed by atoms with E-state index in [-0.39, 0.29) is 0 Å². The molecular weight excluding hydrogens is 177 g/mol. The topological polar surface area (TPSA) is 66.5 Å². The van der Waals surface area contributed by atoms with Crippen molar-refractivity contribution in [3.05, 3.63) is 23.3 Å². The Bertz CT molecular complexity index is 382. The number of nitrogens with two attached hydrogens (primary N) is 1. The van der Waals surface area contributed by atoms with E-state index in [9.17, 15) is 0 Å². The number of hydrogen-bond donors (Lipinski definition) is 3. The van der Waals surface area contributed by atoms with Gasteiger partial charge in [0, 0.05) is 12.1 Å². The average Bonchev–Trinajstić information content (AvgIpc) is 2.10. The van der Waals surface area contributed by atoms with Crippen LogP contribution in [0.5, 0.6) is 0 Å². The van der Waals surface area contributed by atoms with Crippen LogP contribution in [-0.2, 0) is 6.42 Å². The molecule has 0 radical (unpaired) electrons. The van der Waals surface area contributed by atoms with Gasteiger partial charge in [0.25, 0.3) is 0 Å². The standard InChI is InChI=1S/C10H12BNO2/c1-3-4-8-5-9(12)6-10(7(8)2)11(13)14/h1,5-6,13-14H,4,12H2,2H3. The van der Waals surface area contributed by atoms with E-state index in [1.54, 1.807) is 19.1 Å². The molecule has 4 N–H and O–H groups in total. The molecule has 0 aliphatic heterocycles. The Hall–Kier alpha value is -1.44. The van der Waals surface area contributed by atoms with Crippen molar-refractivity contribution in [2.24, 2.45) is 0 Å². The van der Waals surface area contributed by atoms with Crippen molar-refractivity contribution in [2.45, 2.75) is 13.3 Å². The van der Waals surface area contributed by atoms with E-state index in [0.29, 0.717) is 17.6 Å². The highest BCUT2D eigenvalue weighted by Crippen LogP contribution is 2.11. The van der Waals surface area contributed by atoms with Crippen molar-refractivity contribution in [1.29, 1.82) is 0 Å². The van der Waals surface area contributed by atoms with Gasteiger partial charge in [0.2, 0.25) is 0 Å². The van der Waals surface area contributed by atoms with Crippen LogP contribution in [0.3, 0.4) is 0 Å². The second kappa shape index (κ2) is 4.18. The molecule has 1 rings (SSSR count). The van der Waals surface area contributed by atoms with Gasteiger partial charge in [0.05, 0.1) is 0 Å². The molecule has 3 nitrogen and oxygen atoms in total. The summed E-state index contributed by atoms with van der Waals surface area (Å²) >= 11 is 0. The van der Waals surface area contributed by atoms with Gasteiger partial charge in [-0.05, 0) is 35.6 Å². The van der Waals surface area contributed by atoms with E-state index in [4.69, 9.17) is 22.2 Å². The van der Waals surface area contributed by atoms with Crippen molar-refractivity contribution < 1.29 is 10.0 Å². The molecule has 0 spiro atoms. The first-order valence-corrected chi connectivity index (χ1v) is 4.24. The molecule has 0 saturated carbocycles. The highest BCUT2D eigenvalue weighted by atomic mass is 16.4. The van der Waals surface area contributed by atoms with Gasteiger partial charge in [-0.2, -0.15) is 0 Å². The zero-order valence-corrected chi connectivity index (χ0v) is 7.99. The Morgan fingerprint density at radius 3 is 2.64 bits per heavy atom. The lowest BCUT2D eigenvalue weighted by molar-refractivity contribution is 0.425. The molecule has 0 unspecified atom stereocenters. The van der Waals surface area contributed by atoms with Gasteiger partial charge in [-0.3, -0.25) is 0 Å². The van der Waals surface area contributed by atoms with E-state index >= 15 is 0 Å². The molecule has 4 heteroatoms. The minimum absolute atomic E-state index is 0.412. The summed E-state index contributed by atoms with van der Waals surface area (Å²) in [5.74, 6) is 2.50. The summed E-state index contributed by atoms with van der Waals surface area (Å²) in [6.45, 7) is 1.79. The van der Waals surface area contributed by atoms with Gasteiger partial charge in [0.15, 0.2) is 0 Å². The quantitative estimate of drug-likeness (QED) is 0.331. The van der Waals surface area contributed by atoms with Gasteiger partial charge in [-0.25, -0.2) is 0 Å². The second-order valence-corrected chi connectivity index (χ2v) is 3.15. The Balaban J connectivity index is 3.26. The summed E-state index contributed by atoms with van der Waals surface area (Å²) in [5.41, 5.74) is 8.15. The predicted molar refractivity (Wildman–Crippen MR) is 58.0 cm³/mol. The third-order valence-corrected chi connectivity index (χ3v) is 2.15. The average molecular weight is 189 g/mol. The Kier molecular flexibility index (Phi) is 3.18. The normalized spacial score (nSPS) is 9.57. The van der Waals surface area contributed by atoms with Crippen LogP contribution in [0.2, 0.25) is 0 Å². The minimum atomic E-state index is -1.50. The van der Waals surface area contributed by atoms with Gasteiger partial charge in [0.1, 0.15) is 0 Å². The molecule has 0 bridgehead atoms. The van der Waals surface area contributed by atoms with Crippen LogP contribution in [0.25, 0.3) is 0 Å². The van der Waals surface area contributed by atoms with Crippen LogP contribution in [0.15, 0.2) is 12.1 Å². The number of anilines is 1. The van der Waals surface area contributed by atoms with Gasteiger partial charge in [-0.15, -0.1) is 12.3 Å². The summed E-state index contributed by atoms with van der Waals surface area (Å²) in [6.07, 6.45) is 5.63. The molecule has 14 heavy (non-hydrogen) atoms. The van der Waals surface area contributed by atoms with Crippen molar-refractivity contribution >= 4 is 18.3 Å². The van der Waals surface area contributed by atoms with Crippen molar-refractivity contribution in [2.75, 3.05) is 5.73 Å². The monoisotopic (exact) mass is 189 g/mol. The first-order chi connectivity index (χ1) is 6.56. The van der Waals surface area contributed by atoms with Crippen LogP contribution < -0.4 is 11.2 Å². The predicted octanol–water partition coefficient (Wildman–Crippen LogP) is -0.567. The first kappa shape index (κ1) is 10.6. The van der Waals surface area contributed by atoms with Crippen LogP contribution in [0, 0.1) is 19.3 Å². The molecule has 72 valence electrons. The Labute approximate surface area is 83.7 Å². The lowest BCUT2D eigenvalue weighted by atomic mass is 9.75. The second-order valence-electron chi connectivity index (χ2n) is 3.15. The number of hydrogen-bond acceptors (Lipinski definition) is 3.